The number of amides is 2. The van der Waals surface area contributed by atoms with E-state index < -0.39 is 6.10 Å². The van der Waals surface area contributed by atoms with E-state index in [9.17, 15) is 14.7 Å². The van der Waals surface area contributed by atoms with Crippen LogP contribution in [-0.4, -0.2) is 76.2 Å². The molecule has 0 radical (unpaired) electrons. The Kier molecular flexibility index (Phi) is 6.64. The summed E-state index contributed by atoms with van der Waals surface area (Å²) in [4.78, 5) is 27.2. The number of aliphatic hydroxyl groups is 1. The van der Waals surface area contributed by atoms with Crippen LogP contribution in [0.15, 0.2) is 0 Å². The first-order chi connectivity index (χ1) is 11.3. The number of aryl methyl sites for hydroxylation is 1. The largest absolute Gasteiger partial charge is 0.391 e. The Morgan fingerprint density at radius 2 is 2.12 bits per heavy atom. The topological polar surface area (TPSA) is 98.7 Å². The Balaban J connectivity index is 1.82. The minimum Gasteiger partial charge on any atom is -0.391 e. The Labute approximate surface area is 145 Å². The van der Waals surface area contributed by atoms with E-state index in [0.29, 0.717) is 19.5 Å². The molecule has 134 valence electrons. The molecule has 1 aliphatic heterocycles. The minimum absolute atomic E-state index is 0.0809. The third kappa shape index (κ3) is 5.50. The minimum atomic E-state index is -0.564. The number of piperidine rings is 1. The van der Waals surface area contributed by atoms with Crippen LogP contribution in [-0.2, 0) is 16.1 Å². The zero-order valence-corrected chi connectivity index (χ0v) is 15.2. The van der Waals surface area contributed by atoms with Gasteiger partial charge in [0.1, 0.15) is 10.0 Å². The predicted octanol–water partition coefficient (Wildman–Crippen LogP) is -0.234. The molecule has 0 unspecified atom stereocenters. The fourth-order valence-electron chi connectivity index (χ4n) is 2.61. The highest BCUT2D eigenvalue weighted by molar-refractivity contribution is 7.11. The average Bonchev–Trinajstić information content (AvgIpc) is 2.93. The lowest BCUT2D eigenvalue weighted by Gasteiger charge is -2.36. The van der Waals surface area contributed by atoms with E-state index in [2.05, 4.69) is 20.4 Å². The van der Waals surface area contributed by atoms with Crippen molar-refractivity contribution >= 4 is 23.2 Å². The van der Waals surface area contributed by atoms with Gasteiger partial charge in [-0.15, -0.1) is 21.5 Å². The van der Waals surface area contributed by atoms with Crippen LogP contribution in [0.3, 0.4) is 0 Å². The molecule has 0 saturated carbocycles. The van der Waals surface area contributed by atoms with Gasteiger partial charge in [0.05, 0.1) is 18.7 Å². The summed E-state index contributed by atoms with van der Waals surface area (Å²) in [5, 5.41) is 23.0. The Morgan fingerprint density at radius 1 is 1.38 bits per heavy atom. The van der Waals surface area contributed by atoms with E-state index in [1.54, 1.807) is 25.4 Å². The van der Waals surface area contributed by atoms with Gasteiger partial charge in [-0.3, -0.25) is 14.5 Å². The lowest BCUT2D eigenvalue weighted by Crippen LogP contribution is -2.54. The molecule has 2 rings (SSSR count). The van der Waals surface area contributed by atoms with E-state index in [1.807, 2.05) is 6.92 Å². The number of hydrogen-bond acceptors (Lipinski definition) is 7. The number of hydrogen-bond donors (Lipinski definition) is 2. The van der Waals surface area contributed by atoms with Gasteiger partial charge in [0.15, 0.2) is 0 Å². The third-order valence-electron chi connectivity index (χ3n) is 4.00. The maximum Gasteiger partial charge on any atom is 0.222 e. The van der Waals surface area contributed by atoms with Crippen LogP contribution in [0.5, 0.6) is 0 Å². The van der Waals surface area contributed by atoms with Gasteiger partial charge >= 0.3 is 0 Å². The number of rotatable bonds is 6. The normalized spacial score (nSPS) is 21.5. The number of carbonyl (C=O) groups excluding carboxylic acids is 2. The van der Waals surface area contributed by atoms with Gasteiger partial charge in [-0.05, 0) is 13.3 Å². The van der Waals surface area contributed by atoms with Crippen molar-refractivity contribution in [2.75, 3.05) is 27.2 Å². The summed E-state index contributed by atoms with van der Waals surface area (Å²) in [6, 6.07) is -0.324. The van der Waals surface area contributed by atoms with Crippen molar-refractivity contribution in [1.82, 2.24) is 25.3 Å². The zero-order valence-electron chi connectivity index (χ0n) is 14.4. The highest BCUT2D eigenvalue weighted by atomic mass is 32.1. The summed E-state index contributed by atoms with van der Waals surface area (Å²) in [7, 11) is 3.33. The van der Waals surface area contributed by atoms with Crippen molar-refractivity contribution in [3.05, 3.63) is 10.0 Å². The van der Waals surface area contributed by atoms with Gasteiger partial charge in [-0.25, -0.2) is 0 Å². The molecule has 2 amide bonds. The highest BCUT2D eigenvalue weighted by Gasteiger charge is 2.29. The lowest BCUT2D eigenvalue weighted by atomic mass is 10.0. The van der Waals surface area contributed by atoms with Crippen LogP contribution in [0, 0.1) is 6.92 Å². The van der Waals surface area contributed by atoms with E-state index in [4.69, 9.17) is 0 Å². The third-order valence-corrected chi connectivity index (χ3v) is 4.82. The van der Waals surface area contributed by atoms with Crippen LogP contribution in [0.4, 0.5) is 0 Å². The van der Waals surface area contributed by atoms with Crippen molar-refractivity contribution < 1.29 is 14.7 Å². The molecule has 0 spiro atoms. The number of aromatic nitrogens is 2. The summed E-state index contributed by atoms with van der Waals surface area (Å²) in [5.74, 6) is -0.287. The van der Waals surface area contributed by atoms with Crippen molar-refractivity contribution in [2.24, 2.45) is 0 Å². The van der Waals surface area contributed by atoms with Gasteiger partial charge in [-0.2, -0.15) is 0 Å². The molecule has 2 N–H and O–H groups in total. The monoisotopic (exact) mass is 355 g/mol. The average molecular weight is 355 g/mol. The molecule has 1 aromatic heterocycles. The smallest absolute Gasteiger partial charge is 0.222 e. The Bertz CT molecular complexity index is 577. The van der Waals surface area contributed by atoms with Crippen LogP contribution < -0.4 is 5.32 Å². The van der Waals surface area contributed by atoms with Crippen LogP contribution in [0.25, 0.3) is 0 Å². The molecule has 2 heterocycles. The van der Waals surface area contributed by atoms with Crippen molar-refractivity contribution in [3.63, 3.8) is 0 Å². The first kappa shape index (κ1) is 18.8. The van der Waals surface area contributed by atoms with Gasteiger partial charge < -0.3 is 15.3 Å². The number of aliphatic hydroxyl groups excluding tert-OH is 1. The Hall–Kier alpha value is -1.58. The van der Waals surface area contributed by atoms with E-state index in [1.165, 1.54) is 4.90 Å². The molecule has 9 heteroatoms. The second-order valence-corrected chi connectivity index (χ2v) is 7.53. The van der Waals surface area contributed by atoms with Gasteiger partial charge in [-0.1, -0.05) is 0 Å². The summed E-state index contributed by atoms with van der Waals surface area (Å²) in [6.45, 7) is 3.90. The Morgan fingerprint density at radius 3 is 2.75 bits per heavy atom. The maximum atomic E-state index is 12.0. The molecule has 2 atom stereocenters. The number of nitrogens with one attached hydrogen (secondary N) is 1. The number of likely N-dealkylation sites (tertiary alicyclic amines) is 1. The SMILES string of the molecule is Cc1nnc(CN2CC[C@H](O)[C@H](NC(=O)CCC(=O)N(C)C)C2)s1. The van der Waals surface area contributed by atoms with Crippen LogP contribution in [0.1, 0.15) is 29.3 Å². The van der Waals surface area contributed by atoms with Gasteiger partial charge in [0.25, 0.3) is 0 Å². The molecule has 1 aliphatic rings. The summed E-state index contributed by atoms with van der Waals surface area (Å²) < 4.78 is 0. The van der Waals surface area contributed by atoms with Crippen LogP contribution in [0.2, 0.25) is 0 Å². The zero-order chi connectivity index (χ0) is 17.7. The number of carbonyl (C=O) groups is 2. The molecule has 8 nitrogen and oxygen atoms in total. The van der Waals surface area contributed by atoms with Crippen molar-refractivity contribution in [3.8, 4) is 0 Å². The van der Waals surface area contributed by atoms with Crippen LogP contribution >= 0.6 is 11.3 Å². The molecule has 1 fully saturated rings. The summed E-state index contributed by atoms with van der Waals surface area (Å²) in [6.07, 6.45) is 0.343. The molecule has 24 heavy (non-hydrogen) atoms. The summed E-state index contributed by atoms with van der Waals surface area (Å²) >= 11 is 1.56. The standard InChI is InChI=1S/C15H25N5O3S/c1-10-17-18-14(24-10)9-20-7-6-12(21)11(8-20)16-13(22)4-5-15(23)19(2)3/h11-12,21H,4-9H2,1-3H3,(H,16,22)/t11-,12+/m1/s1. The van der Waals surface area contributed by atoms with E-state index in [-0.39, 0.29) is 30.7 Å². The fourth-order valence-corrected chi connectivity index (χ4v) is 3.36. The van der Waals surface area contributed by atoms with Gasteiger partial charge in [0.2, 0.25) is 11.8 Å². The van der Waals surface area contributed by atoms with E-state index in [0.717, 1.165) is 16.6 Å². The van der Waals surface area contributed by atoms with Crippen molar-refractivity contribution in [2.45, 2.75) is 44.9 Å². The second-order valence-electron chi connectivity index (χ2n) is 6.27. The molecule has 1 saturated heterocycles. The van der Waals surface area contributed by atoms with Gasteiger partial charge in [0, 0.05) is 40.0 Å². The lowest BCUT2D eigenvalue weighted by molar-refractivity contribution is -0.132. The van der Waals surface area contributed by atoms with E-state index >= 15 is 0 Å². The maximum absolute atomic E-state index is 12.0. The molecule has 0 aliphatic carbocycles. The molecular weight excluding hydrogens is 330 g/mol. The van der Waals surface area contributed by atoms with Crippen molar-refractivity contribution in [1.29, 1.82) is 0 Å². The summed E-state index contributed by atoms with van der Waals surface area (Å²) in [5.41, 5.74) is 0. The first-order valence-corrected chi connectivity index (χ1v) is 8.85. The first-order valence-electron chi connectivity index (χ1n) is 8.04. The second kappa shape index (κ2) is 8.50. The number of nitrogens with zero attached hydrogens (tertiary/aromatic N) is 4. The molecular formula is C15H25N5O3S. The quantitative estimate of drug-likeness (QED) is 0.731. The highest BCUT2D eigenvalue weighted by Crippen LogP contribution is 2.16. The molecule has 1 aromatic rings. The molecule has 0 aromatic carbocycles. The molecule has 0 bridgehead atoms. The fraction of sp³-hybridized carbons (Fsp3) is 0.733. The predicted molar refractivity (Wildman–Crippen MR) is 90.4 cm³/mol.